The molecule has 2 heterocycles. The Morgan fingerprint density at radius 3 is 2.64 bits per heavy atom. The van der Waals surface area contributed by atoms with Gasteiger partial charge in [0.2, 0.25) is 5.76 Å². The van der Waals surface area contributed by atoms with Gasteiger partial charge in [0.15, 0.2) is 5.43 Å². The van der Waals surface area contributed by atoms with Gasteiger partial charge in [-0.1, -0.05) is 28.1 Å². The van der Waals surface area contributed by atoms with Crippen molar-refractivity contribution in [2.45, 2.75) is 12.5 Å². The van der Waals surface area contributed by atoms with Crippen LogP contribution in [-0.4, -0.2) is 31.1 Å². The fourth-order valence-electron chi connectivity index (χ4n) is 3.59. The highest BCUT2D eigenvalue weighted by molar-refractivity contribution is 9.10. The van der Waals surface area contributed by atoms with Gasteiger partial charge in [-0.25, -0.2) is 4.39 Å². The van der Waals surface area contributed by atoms with Gasteiger partial charge in [0.1, 0.15) is 11.4 Å². The van der Waals surface area contributed by atoms with E-state index in [1.807, 2.05) is 24.3 Å². The topological polar surface area (TPSA) is 59.8 Å². The molecule has 0 spiro atoms. The van der Waals surface area contributed by atoms with Gasteiger partial charge in [-0.3, -0.25) is 9.59 Å². The van der Waals surface area contributed by atoms with Crippen LogP contribution in [0.5, 0.6) is 0 Å². The fraction of sp³-hybridized carbons (Fsp3) is 0.238. The van der Waals surface area contributed by atoms with E-state index in [0.29, 0.717) is 19.6 Å². The smallest absolute Gasteiger partial charge is 0.290 e. The summed E-state index contributed by atoms with van der Waals surface area (Å²) in [4.78, 5) is 27.9. The molecule has 0 saturated carbocycles. The molecular weight excluding hydrogens is 429 g/mol. The summed E-state index contributed by atoms with van der Waals surface area (Å²) in [5, 5.41) is 0.132. The van der Waals surface area contributed by atoms with Crippen molar-refractivity contribution in [2.24, 2.45) is 0 Å². The summed E-state index contributed by atoms with van der Waals surface area (Å²) < 4.78 is 25.5. The van der Waals surface area contributed by atoms with Crippen molar-refractivity contribution in [2.75, 3.05) is 20.3 Å². The van der Waals surface area contributed by atoms with Gasteiger partial charge in [0.25, 0.3) is 5.91 Å². The summed E-state index contributed by atoms with van der Waals surface area (Å²) in [6.45, 7) is 0.892. The quantitative estimate of drug-likeness (QED) is 0.550. The van der Waals surface area contributed by atoms with E-state index in [2.05, 4.69) is 15.9 Å². The number of fused-ring (bicyclic) bond motifs is 2. The number of nitrogens with zero attached hydrogens (tertiary/aromatic N) is 1. The maximum atomic E-state index is 13.7. The summed E-state index contributed by atoms with van der Waals surface area (Å²) in [7, 11) is 1.60. The number of benzene rings is 2. The standard InChI is InChI=1S/C21H17BrFNO4/c1-27-10-2-9-24-18(12-3-5-13(22)6-4-12)17-19(25)15-11-14(23)7-8-16(15)28-20(17)21(24)26/h3-8,11,18H,2,9-10H2,1H3. The van der Waals surface area contributed by atoms with Gasteiger partial charge in [-0.2, -0.15) is 0 Å². The highest BCUT2D eigenvalue weighted by Gasteiger charge is 2.42. The highest BCUT2D eigenvalue weighted by Crippen LogP contribution is 2.38. The molecule has 3 aromatic rings. The van der Waals surface area contributed by atoms with Crippen LogP contribution in [0.25, 0.3) is 11.0 Å². The Labute approximate surface area is 168 Å². The molecule has 1 aliphatic rings. The highest BCUT2D eigenvalue weighted by atomic mass is 79.9. The first-order chi connectivity index (χ1) is 13.5. The first-order valence-electron chi connectivity index (χ1n) is 8.83. The molecule has 1 aliphatic heterocycles. The molecule has 28 heavy (non-hydrogen) atoms. The number of carbonyl (C=O) groups is 1. The van der Waals surface area contributed by atoms with Crippen molar-refractivity contribution >= 4 is 32.8 Å². The second-order valence-corrected chi connectivity index (χ2v) is 7.53. The van der Waals surface area contributed by atoms with E-state index in [0.717, 1.165) is 16.1 Å². The van der Waals surface area contributed by atoms with Crippen LogP contribution in [0.3, 0.4) is 0 Å². The minimum absolute atomic E-state index is 0.0226. The van der Waals surface area contributed by atoms with Gasteiger partial charge in [-0.15, -0.1) is 0 Å². The van der Waals surface area contributed by atoms with Crippen LogP contribution in [0, 0.1) is 5.82 Å². The van der Waals surface area contributed by atoms with E-state index in [1.54, 1.807) is 12.0 Å². The van der Waals surface area contributed by atoms with Crippen molar-refractivity contribution in [1.82, 2.24) is 4.90 Å². The molecule has 0 N–H and O–H groups in total. The van der Waals surface area contributed by atoms with E-state index in [-0.39, 0.29) is 33.6 Å². The molecule has 7 heteroatoms. The molecule has 1 amide bonds. The first kappa shape index (κ1) is 18.8. The van der Waals surface area contributed by atoms with Crippen LogP contribution in [0.2, 0.25) is 0 Å². The summed E-state index contributed by atoms with van der Waals surface area (Å²) in [6, 6.07) is 10.6. The average Bonchev–Trinajstić information content (AvgIpc) is 2.96. The largest absolute Gasteiger partial charge is 0.450 e. The SMILES string of the molecule is COCCCN1C(=O)c2oc3ccc(F)cc3c(=O)c2C1c1ccc(Br)cc1. The van der Waals surface area contributed by atoms with Crippen molar-refractivity contribution in [1.29, 1.82) is 0 Å². The second-order valence-electron chi connectivity index (χ2n) is 6.61. The minimum Gasteiger partial charge on any atom is -0.450 e. The summed E-state index contributed by atoms with van der Waals surface area (Å²) in [5.41, 5.74) is 0.858. The lowest BCUT2D eigenvalue weighted by molar-refractivity contribution is 0.0708. The number of halogens is 2. The Bertz CT molecular complexity index is 1110. The van der Waals surface area contributed by atoms with E-state index in [1.165, 1.54) is 12.1 Å². The third-order valence-corrected chi connectivity index (χ3v) is 5.39. The van der Waals surface area contributed by atoms with Crippen LogP contribution < -0.4 is 5.43 Å². The van der Waals surface area contributed by atoms with Gasteiger partial charge in [0.05, 0.1) is 17.0 Å². The van der Waals surface area contributed by atoms with Crippen molar-refractivity contribution < 1.29 is 18.3 Å². The predicted molar refractivity (Wildman–Crippen MR) is 106 cm³/mol. The summed E-state index contributed by atoms with van der Waals surface area (Å²) in [5.74, 6) is -0.849. The van der Waals surface area contributed by atoms with Crippen LogP contribution in [0.15, 0.2) is 56.1 Å². The molecular formula is C21H17BrFNO4. The first-order valence-corrected chi connectivity index (χ1v) is 9.62. The summed E-state index contributed by atoms with van der Waals surface area (Å²) in [6.07, 6.45) is 0.617. The molecule has 4 rings (SSSR count). The van der Waals surface area contributed by atoms with Gasteiger partial charge in [-0.05, 0) is 42.3 Å². The van der Waals surface area contributed by atoms with Gasteiger partial charge in [0, 0.05) is 24.7 Å². The lowest BCUT2D eigenvalue weighted by Gasteiger charge is -2.25. The molecule has 0 radical (unpaired) electrons. The van der Waals surface area contributed by atoms with E-state index in [4.69, 9.17) is 9.15 Å². The maximum Gasteiger partial charge on any atom is 0.290 e. The van der Waals surface area contributed by atoms with Crippen LogP contribution in [0.1, 0.15) is 34.1 Å². The second kappa shape index (κ2) is 7.48. The van der Waals surface area contributed by atoms with Crippen LogP contribution in [-0.2, 0) is 4.74 Å². The number of hydrogen-bond donors (Lipinski definition) is 0. The number of carbonyl (C=O) groups excluding carboxylic acids is 1. The number of amides is 1. The molecule has 0 saturated heterocycles. The van der Waals surface area contributed by atoms with Crippen molar-refractivity contribution in [3.63, 3.8) is 0 Å². The lowest BCUT2D eigenvalue weighted by Crippen LogP contribution is -2.31. The molecule has 1 atom stereocenters. The number of hydrogen-bond acceptors (Lipinski definition) is 4. The van der Waals surface area contributed by atoms with Crippen LogP contribution >= 0.6 is 15.9 Å². The van der Waals surface area contributed by atoms with Crippen LogP contribution in [0.4, 0.5) is 4.39 Å². The van der Waals surface area contributed by atoms with Gasteiger partial charge >= 0.3 is 0 Å². The normalized spacial score (nSPS) is 16.0. The molecule has 0 bridgehead atoms. The molecule has 0 fully saturated rings. The molecule has 1 aromatic heterocycles. The monoisotopic (exact) mass is 445 g/mol. The minimum atomic E-state index is -0.587. The predicted octanol–water partition coefficient (Wildman–Crippen LogP) is 4.28. The Hall–Kier alpha value is -2.51. The Morgan fingerprint density at radius 1 is 1.18 bits per heavy atom. The number of rotatable bonds is 5. The number of ether oxygens (including phenoxy) is 1. The molecule has 144 valence electrons. The lowest BCUT2D eigenvalue weighted by atomic mass is 9.98. The molecule has 5 nitrogen and oxygen atoms in total. The Kier molecular flexibility index (Phi) is 5.03. The molecule has 0 aliphatic carbocycles. The third kappa shape index (κ3) is 3.14. The zero-order valence-corrected chi connectivity index (χ0v) is 16.7. The Morgan fingerprint density at radius 2 is 1.93 bits per heavy atom. The average molecular weight is 446 g/mol. The molecule has 1 unspecified atom stereocenters. The zero-order chi connectivity index (χ0) is 19.8. The Balaban J connectivity index is 1.92. The van der Waals surface area contributed by atoms with Crippen molar-refractivity contribution in [3.8, 4) is 0 Å². The third-order valence-electron chi connectivity index (χ3n) is 4.86. The number of methoxy groups -OCH3 is 1. The van der Waals surface area contributed by atoms with E-state index >= 15 is 0 Å². The maximum absolute atomic E-state index is 13.7. The fourth-order valence-corrected chi connectivity index (χ4v) is 3.86. The summed E-state index contributed by atoms with van der Waals surface area (Å²) >= 11 is 3.40. The molecule has 2 aromatic carbocycles. The van der Waals surface area contributed by atoms with E-state index < -0.39 is 11.9 Å². The van der Waals surface area contributed by atoms with Crippen molar-refractivity contribution in [3.05, 3.63) is 79.9 Å². The van der Waals surface area contributed by atoms with Gasteiger partial charge < -0.3 is 14.1 Å². The zero-order valence-electron chi connectivity index (χ0n) is 15.1. The van der Waals surface area contributed by atoms with E-state index in [9.17, 15) is 14.0 Å².